The molecule has 0 bridgehead atoms. The normalized spacial score (nSPS) is 11.2. The number of benzene rings is 1. The van der Waals surface area contributed by atoms with Crippen molar-refractivity contribution in [2.45, 2.75) is 6.92 Å². The summed E-state index contributed by atoms with van der Waals surface area (Å²) in [4.78, 5) is 10.8. The Kier molecular flexibility index (Phi) is 3.44. The first-order valence-corrected chi connectivity index (χ1v) is 7.50. The Hall–Kier alpha value is -1.27. The van der Waals surface area contributed by atoms with Crippen LogP contribution in [0.1, 0.15) is 6.92 Å². The number of carbonyl (C=O) groups is 1. The molecule has 0 aliphatic rings. The molecule has 1 amide bonds. The summed E-state index contributed by atoms with van der Waals surface area (Å²) in [6, 6.07) is 2.90. The number of carbonyl (C=O) groups excluding carboxylic acids is 1. The third-order valence-corrected chi connectivity index (χ3v) is 3.82. The summed E-state index contributed by atoms with van der Waals surface area (Å²) < 4.78 is 28.5. The first-order chi connectivity index (χ1) is 7.23. The summed E-state index contributed by atoms with van der Waals surface area (Å²) in [5.74, 6) is -1.24. The maximum atomic E-state index is 11.0. The van der Waals surface area contributed by atoms with E-state index in [1.807, 2.05) is 0 Å². The first-order valence-electron chi connectivity index (χ1n) is 4.12. The Labute approximate surface area is 93.5 Å². The average Bonchev–Trinajstić information content (AvgIpc) is 2.15. The summed E-state index contributed by atoms with van der Waals surface area (Å²) in [5, 5.41) is 18.7. The summed E-state index contributed by atoms with van der Waals surface area (Å²) >= 11 is -5.12. The molecule has 0 heterocycles. The molecule has 16 heavy (non-hydrogen) atoms. The zero-order valence-electron chi connectivity index (χ0n) is 8.23. The molecule has 0 saturated carbocycles. The van der Waals surface area contributed by atoms with Crippen molar-refractivity contribution in [1.29, 1.82) is 0 Å². The number of amides is 1. The van der Waals surface area contributed by atoms with Crippen molar-refractivity contribution >= 4 is 30.1 Å². The van der Waals surface area contributed by atoms with E-state index in [0.717, 1.165) is 25.1 Å². The van der Waals surface area contributed by atoms with Crippen LogP contribution >= 0.6 is 0 Å². The first kappa shape index (κ1) is 12.8. The molecular formula is C8H10AsNO6. The van der Waals surface area contributed by atoms with Crippen LogP contribution in [-0.4, -0.2) is 38.6 Å². The molecule has 0 aliphatic heterocycles. The number of rotatable bonds is 2. The van der Waals surface area contributed by atoms with Crippen molar-refractivity contribution in [3.05, 3.63) is 18.2 Å². The van der Waals surface area contributed by atoms with Gasteiger partial charge in [0.2, 0.25) is 0 Å². The van der Waals surface area contributed by atoms with Crippen LogP contribution in [0.4, 0.5) is 5.69 Å². The minimum absolute atomic E-state index is 0.115. The third kappa shape index (κ3) is 2.65. The van der Waals surface area contributed by atoms with E-state index in [-0.39, 0.29) is 15.1 Å². The van der Waals surface area contributed by atoms with Crippen molar-refractivity contribution in [3.8, 4) is 5.75 Å². The molecule has 0 radical (unpaired) electrons. The van der Waals surface area contributed by atoms with E-state index in [1.54, 1.807) is 0 Å². The average molecular weight is 291 g/mol. The Balaban J connectivity index is 3.30. The molecule has 4 N–H and O–H groups in total. The minimum atomic E-state index is -5.12. The fourth-order valence-corrected chi connectivity index (χ4v) is 2.21. The van der Waals surface area contributed by atoms with Crippen molar-refractivity contribution in [2.24, 2.45) is 0 Å². The van der Waals surface area contributed by atoms with Gasteiger partial charge in [-0.25, -0.2) is 0 Å². The Bertz CT molecular complexity index is 468. The molecule has 0 saturated heterocycles. The third-order valence-electron chi connectivity index (χ3n) is 1.82. The predicted octanol–water partition coefficient (Wildman–Crippen LogP) is -1.30. The summed E-state index contributed by atoms with van der Waals surface area (Å²) in [7, 11) is 0. The van der Waals surface area contributed by atoms with Crippen LogP contribution in [0.25, 0.3) is 0 Å². The Morgan fingerprint density at radius 2 is 1.94 bits per heavy atom. The van der Waals surface area contributed by atoms with Crippen molar-refractivity contribution in [2.75, 3.05) is 5.06 Å². The van der Waals surface area contributed by atoms with Gasteiger partial charge in [-0.05, 0) is 0 Å². The number of aromatic hydroxyl groups is 1. The number of phenols is 1. The van der Waals surface area contributed by atoms with E-state index in [4.69, 9.17) is 8.19 Å². The van der Waals surface area contributed by atoms with E-state index < -0.39 is 25.8 Å². The summed E-state index contributed by atoms with van der Waals surface area (Å²) in [5.41, 5.74) is -0.366. The quantitative estimate of drug-likeness (QED) is 0.305. The van der Waals surface area contributed by atoms with Crippen LogP contribution in [0, 0.1) is 0 Å². The molecule has 0 atom stereocenters. The van der Waals surface area contributed by atoms with Gasteiger partial charge in [0, 0.05) is 0 Å². The van der Waals surface area contributed by atoms with Gasteiger partial charge in [-0.2, -0.15) is 0 Å². The number of anilines is 1. The van der Waals surface area contributed by atoms with Crippen LogP contribution < -0.4 is 9.41 Å². The summed E-state index contributed by atoms with van der Waals surface area (Å²) in [6.45, 7) is 1.04. The second-order valence-corrected chi connectivity index (χ2v) is 6.41. The van der Waals surface area contributed by atoms with Gasteiger partial charge in [0.15, 0.2) is 0 Å². The molecular weight excluding hydrogens is 281 g/mol. The van der Waals surface area contributed by atoms with Crippen molar-refractivity contribution in [3.63, 3.8) is 0 Å². The topological polar surface area (TPSA) is 118 Å². The molecule has 0 unspecified atom stereocenters. The molecule has 88 valence electrons. The van der Waals surface area contributed by atoms with Gasteiger partial charge in [-0.1, -0.05) is 0 Å². The van der Waals surface area contributed by atoms with Gasteiger partial charge < -0.3 is 0 Å². The van der Waals surface area contributed by atoms with Gasteiger partial charge in [-0.3, -0.25) is 0 Å². The van der Waals surface area contributed by atoms with E-state index in [2.05, 4.69) is 0 Å². The van der Waals surface area contributed by atoms with E-state index in [9.17, 15) is 18.8 Å². The van der Waals surface area contributed by atoms with Crippen LogP contribution in [0.3, 0.4) is 0 Å². The van der Waals surface area contributed by atoms with Gasteiger partial charge in [-0.15, -0.1) is 0 Å². The SMILES string of the molecule is CC(=O)N(O)c1cc([As](=O)(O)O)ccc1O. The zero-order chi connectivity index (χ0) is 12.5. The van der Waals surface area contributed by atoms with Gasteiger partial charge in [0.05, 0.1) is 0 Å². The molecule has 7 nitrogen and oxygen atoms in total. The predicted molar refractivity (Wildman–Crippen MR) is 53.6 cm³/mol. The van der Waals surface area contributed by atoms with Crippen molar-refractivity contribution < 1.29 is 27.0 Å². The van der Waals surface area contributed by atoms with E-state index in [1.165, 1.54) is 0 Å². The van der Waals surface area contributed by atoms with Crippen LogP contribution in [0.5, 0.6) is 5.75 Å². The van der Waals surface area contributed by atoms with Gasteiger partial charge in [0.1, 0.15) is 0 Å². The maximum absolute atomic E-state index is 11.0. The molecule has 0 spiro atoms. The number of nitrogens with zero attached hydrogens (tertiary/aromatic N) is 1. The van der Waals surface area contributed by atoms with Gasteiger partial charge in [0.25, 0.3) is 0 Å². The summed E-state index contributed by atoms with van der Waals surface area (Å²) in [6.07, 6.45) is 0. The number of hydroxylamine groups is 1. The number of hydrogen-bond acceptors (Lipinski definition) is 4. The second kappa shape index (κ2) is 4.31. The number of phenolic OH excluding ortho intramolecular Hbond substituents is 1. The molecule has 1 rings (SSSR count). The Morgan fingerprint density at radius 3 is 2.38 bits per heavy atom. The van der Waals surface area contributed by atoms with E-state index in [0.29, 0.717) is 0 Å². The van der Waals surface area contributed by atoms with Crippen LogP contribution in [0.2, 0.25) is 0 Å². The zero-order valence-corrected chi connectivity index (χ0v) is 10.1. The van der Waals surface area contributed by atoms with Crippen LogP contribution in [-0.2, 0) is 8.53 Å². The second-order valence-electron chi connectivity index (χ2n) is 3.05. The molecule has 1 aromatic carbocycles. The van der Waals surface area contributed by atoms with Gasteiger partial charge >= 0.3 is 93.1 Å². The molecule has 8 heteroatoms. The van der Waals surface area contributed by atoms with Crippen LogP contribution in [0.15, 0.2) is 18.2 Å². The standard InChI is InChI=1S/C8H10AsNO6/c1-5(11)10(16)7-4-6(9(13,14)15)2-3-8(7)12/h2-4,12,16H,1H3,(H2,13,14,15). The van der Waals surface area contributed by atoms with Crippen molar-refractivity contribution in [1.82, 2.24) is 0 Å². The molecule has 1 aromatic rings. The monoisotopic (exact) mass is 291 g/mol. The van der Waals surface area contributed by atoms with E-state index >= 15 is 0 Å². The molecule has 0 aliphatic carbocycles. The molecule has 0 aromatic heterocycles. The number of hydrogen-bond donors (Lipinski definition) is 4. The fraction of sp³-hybridized carbons (Fsp3) is 0.125. The Morgan fingerprint density at radius 1 is 1.38 bits per heavy atom. The fourth-order valence-electron chi connectivity index (χ4n) is 1.03. The molecule has 0 fully saturated rings.